The van der Waals surface area contributed by atoms with Gasteiger partial charge in [0.15, 0.2) is 11.6 Å². The van der Waals surface area contributed by atoms with E-state index in [2.05, 4.69) is 45.2 Å². The Hall–Kier alpha value is -0.760. The van der Waals surface area contributed by atoms with Crippen LogP contribution in [0.15, 0.2) is 48.5 Å². The third-order valence-corrected chi connectivity index (χ3v) is 4.65. The number of ketones is 2. The van der Waals surface area contributed by atoms with E-state index in [0.717, 1.165) is 7.14 Å². The molecule has 2 aromatic rings. The van der Waals surface area contributed by atoms with Crippen LogP contribution in [0.5, 0.6) is 0 Å². The lowest BCUT2D eigenvalue weighted by Crippen LogP contribution is -2.33. The molecule has 0 atom stereocenters. The van der Waals surface area contributed by atoms with E-state index >= 15 is 0 Å². The van der Waals surface area contributed by atoms with Gasteiger partial charge >= 0.3 is 0 Å². The average Bonchev–Trinajstić information content (AvgIpc) is 2.45. The molecule has 0 spiro atoms. The molecule has 0 aliphatic carbocycles. The van der Waals surface area contributed by atoms with Crippen molar-refractivity contribution in [1.29, 1.82) is 0 Å². The Morgan fingerprint density at radius 1 is 0.810 bits per heavy atom. The topological polar surface area (TPSA) is 34.1 Å². The quantitative estimate of drug-likeness (QED) is 0.335. The molecule has 4 heteroatoms. The van der Waals surface area contributed by atoms with Crippen LogP contribution in [0.1, 0.15) is 34.6 Å². The summed E-state index contributed by atoms with van der Waals surface area (Å²) in [7, 11) is 0. The Morgan fingerprint density at radius 3 is 1.52 bits per heavy atom. The van der Waals surface area contributed by atoms with Crippen LogP contribution in [0.2, 0.25) is 0 Å². The summed E-state index contributed by atoms with van der Waals surface area (Å²) in [6.45, 7) is 3.38. The zero-order valence-corrected chi connectivity index (χ0v) is 16.0. The normalized spacial score (nSPS) is 11.2. The van der Waals surface area contributed by atoms with Gasteiger partial charge in [-0.15, -0.1) is 0 Å². The first-order valence-electron chi connectivity index (χ1n) is 6.43. The van der Waals surface area contributed by atoms with Gasteiger partial charge in [-0.3, -0.25) is 9.59 Å². The van der Waals surface area contributed by atoms with Crippen LogP contribution in [0.4, 0.5) is 0 Å². The monoisotopic (exact) mass is 504 g/mol. The molecule has 0 heterocycles. The number of halogens is 2. The first-order valence-corrected chi connectivity index (χ1v) is 8.59. The fourth-order valence-electron chi connectivity index (χ4n) is 2.08. The van der Waals surface area contributed by atoms with Gasteiger partial charge in [0.2, 0.25) is 0 Å². The van der Waals surface area contributed by atoms with Gasteiger partial charge in [0.25, 0.3) is 0 Å². The lowest BCUT2D eigenvalue weighted by atomic mass is 9.78. The summed E-state index contributed by atoms with van der Waals surface area (Å²) in [4.78, 5) is 25.4. The van der Waals surface area contributed by atoms with Crippen LogP contribution < -0.4 is 0 Å². The number of benzene rings is 2. The largest absolute Gasteiger partial charge is 0.293 e. The van der Waals surface area contributed by atoms with E-state index in [1.165, 1.54) is 0 Å². The van der Waals surface area contributed by atoms with Crippen molar-refractivity contribution in [2.24, 2.45) is 5.41 Å². The van der Waals surface area contributed by atoms with Crippen LogP contribution in [-0.2, 0) is 0 Å². The van der Waals surface area contributed by atoms with E-state index in [9.17, 15) is 9.59 Å². The minimum atomic E-state index is -1.07. The van der Waals surface area contributed by atoms with E-state index in [-0.39, 0.29) is 11.6 Å². The number of hydrogen-bond donors (Lipinski definition) is 0. The standard InChI is InChI=1S/C17H14I2O2/c1-17(2,15(20)11-5-3-7-13(18)9-11)16(21)12-6-4-8-14(19)10-12/h3-10H,1-2H3. The lowest BCUT2D eigenvalue weighted by Gasteiger charge is -2.22. The molecule has 0 N–H and O–H groups in total. The second kappa shape index (κ2) is 6.56. The summed E-state index contributed by atoms with van der Waals surface area (Å²) >= 11 is 4.32. The van der Waals surface area contributed by atoms with Crippen LogP contribution in [0.25, 0.3) is 0 Å². The van der Waals surface area contributed by atoms with E-state index < -0.39 is 5.41 Å². The van der Waals surface area contributed by atoms with Gasteiger partial charge in [-0.1, -0.05) is 24.3 Å². The van der Waals surface area contributed by atoms with Gasteiger partial charge in [-0.05, 0) is 83.3 Å². The molecule has 0 aliphatic rings. The first kappa shape index (κ1) is 16.6. The van der Waals surface area contributed by atoms with Gasteiger partial charge in [-0.25, -0.2) is 0 Å². The Balaban J connectivity index is 2.37. The molecule has 2 rings (SSSR count). The average molecular weight is 504 g/mol. The Morgan fingerprint density at radius 2 is 1.19 bits per heavy atom. The molecule has 0 amide bonds. The number of carbonyl (C=O) groups excluding carboxylic acids is 2. The van der Waals surface area contributed by atoms with Crippen molar-refractivity contribution in [2.75, 3.05) is 0 Å². The molecule has 0 saturated heterocycles. The molecule has 108 valence electrons. The predicted octanol–water partition coefficient (Wildman–Crippen LogP) is 4.99. The number of rotatable bonds is 4. The molecule has 0 unspecified atom stereocenters. The first-order chi connectivity index (χ1) is 9.82. The van der Waals surface area contributed by atoms with Gasteiger partial charge in [0, 0.05) is 18.3 Å². The maximum absolute atomic E-state index is 12.7. The van der Waals surface area contributed by atoms with Crippen LogP contribution in [0, 0.1) is 12.6 Å². The Labute approximate surface area is 151 Å². The zero-order chi connectivity index (χ0) is 15.6. The smallest absolute Gasteiger partial charge is 0.176 e. The molecule has 21 heavy (non-hydrogen) atoms. The van der Waals surface area contributed by atoms with Crippen molar-refractivity contribution in [3.8, 4) is 0 Å². The van der Waals surface area contributed by atoms with Crippen molar-refractivity contribution >= 4 is 56.7 Å². The molecule has 2 nitrogen and oxygen atoms in total. The predicted molar refractivity (Wildman–Crippen MR) is 101 cm³/mol. The molecule has 0 fully saturated rings. The highest BCUT2D eigenvalue weighted by molar-refractivity contribution is 14.1. The van der Waals surface area contributed by atoms with E-state index in [4.69, 9.17) is 0 Å². The Kier molecular flexibility index (Phi) is 5.19. The minimum Gasteiger partial charge on any atom is -0.293 e. The molecular formula is C17H14I2O2. The molecule has 2 aromatic carbocycles. The number of carbonyl (C=O) groups is 2. The summed E-state index contributed by atoms with van der Waals surface area (Å²) in [6, 6.07) is 14.7. The zero-order valence-electron chi connectivity index (χ0n) is 11.7. The van der Waals surface area contributed by atoms with E-state index in [1.807, 2.05) is 36.4 Å². The van der Waals surface area contributed by atoms with Crippen molar-refractivity contribution < 1.29 is 9.59 Å². The SMILES string of the molecule is CC(C)(C(=O)c1cccc(I)c1)C(=O)c1cccc(I)c1. The summed E-state index contributed by atoms with van der Waals surface area (Å²) < 4.78 is 1.96. The van der Waals surface area contributed by atoms with Gasteiger partial charge in [-0.2, -0.15) is 0 Å². The van der Waals surface area contributed by atoms with E-state index in [0.29, 0.717) is 11.1 Å². The number of hydrogen-bond acceptors (Lipinski definition) is 2. The summed E-state index contributed by atoms with van der Waals surface area (Å²) in [6.07, 6.45) is 0. The molecular weight excluding hydrogens is 490 g/mol. The molecule has 0 radical (unpaired) electrons. The van der Waals surface area contributed by atoms with E-state index in [1.54, 1.807) is 26.0 Å². The summed E-state index contributed by atoms with van der Waals surface area (Å²) in [5, 5.41) is 0. The molecule has 0 saturated carbocycles. The second-order valence-electron chi connectivity index (χ2n) is 5.30. The fourth-order valence-corrected chi connectivity index (χ4v) is 3.17. The lowest BCUT2D eigenvalue weighted by molar-refractivity contribution is 0.0711. The van der Waals surface area contributed by atoms with Gasteiger partial charge < -0.3 is 0 Å². The number of Topliss-reactive ketones (excluding diaryl/α,β-unsaturated/α-hetero) is 2. The molecule has 0 aromatic heterocycles. The van der Waals surface area contributed by atoms with Crippen LogP contribution in [-0.4, -0.2) is 11.6 Å². The van der Waals surface area contributed by atoms with Crippen LogP contribution >= 0.6 is 45.2 Å². The minimum absolute atomic E-state index is 0.148. The van der Waals surface area contributed by atoms with Crippen molar-refractivity contribution in [3.63, 3.8) is 0 Å². The molecule has 0 bridgehead atoms. The highest BCUT2D eigenvalue weighted by Gasteiger charge is 2.37. The second-order valence-corrected chi connectivity index (χ2v) is 7.80. The Bertz CT molecular complexity index is 646. The van der Waals surface area contributed by atoms with Crippen molar-refractivity contribution in [1.82, 2.24) is 0 Å². The van der Waals surface area contributed by atoms with Crippen molar-refractivity contribution in [3.05, 3.63) is 66.8 Å². The maximum atomic E-state index is 12.7. The highest BCUT2D eigenvalue weighted by atomic mass is 127. The van der Waals surface area contributed by atoms with Crippen molar-refractivity contribution in [2.45, 2.75) is 13.8 Å². The molecule has 0 aliphatic heterocycles. The maximum Gasteiger partial charge on any atom is 0.176 e. The van der Waals surface area contributed by atoms with Crippen LogP contribution in [0.3, 0.4) is 0 Å². The van der Waals surface area contributed by atoms with Gasteiger partial charge in [0.05, 0.1) is 5.41 Å². The fraction of sp³-hybridized carbons (Fsp3) is 0.176. The summed E-state index contributed by atoms with van der Waals surface area (Å²) in [5.74, 6) is -0.297. The highest BCUT2D eigenvalue weighted by Crippen LogP contribution is 2.28. The van der Waals surface area contributed by atoms with Gasteiger partial charge in [0.1, 0.15) is 0 Å². The summed E-state index contributed by atoms with van der Waals surface area (Å²) in [5.41, 5.74) is 0.0752. The third-order valence-electron chi connectivity index (χ3n) is 3.31. The third kappa shape index (κ3) is 3.71.